The molecule has 1 unspecified atom stereocenters. The number of hydroxylamine groups is 2. The number of hydrogen-bond acceptors (Lipinski definition) is 10. The summed E-state index contributed by atoms with van der Waals surface area (Å²) in [6, 6.07) is 12.6. The van der Waals surface area contributed by atoms with Crippen molar-refractivity contribution >= 4 is 41.2 Å². The number of likely N-dealkylation sites (tertiary alicyclic amines) is 1. The molecule has 3 aliphatic heterocycles. The highest BCUT2D eigenvalue weighted by Gasteiger charge is 2.36. The van der Waals surface area contributed by atoms with Crippen molar-refractivity contribution in [3.8, 4) is 0 Å². The Balaban J connectivity index is 0.765. The minimum atomic E-state index is -0.626. The van der Waals surface area contributed by atoms with Crippen LogP contribution in [0.2, 0.25) is 0 Å². The molecule has 0 spiro atoms. The summed E-state index contributed by atoms with van der Waals surface area (Å²) >= 11 is 0. The van der Waals surface area contributed by atoms with Crippen molar-refractivity contribution in [3.05, 3.63) is 89.2 Å². The highest BCUT2D eigenvalue weighted by atomic mass is 19.1. The van der Waals surface area contributed by atoms with Gasteiger partial charge in [-0.25, -0.2) is 18.3 Å². The Hall–Kier alpha value is -5.24. The monoisotopic (exact) mass is 783 g/mol. The average molecular weight is 784 g/mol. The van der Waals surface area contributed by atoms with Crippen LogP contribution < -0.4 is 10.2 Å². The third-order valence-corrected chi connectivity index (χ3v) is 11.7. The lowest BCUT2D eigenvalue weighted by atomic mass is 9.89. The number of hydrogen-bond donors (Lipinski definition) is 1. The molecule has 3 saturated heterocycles. The molecule has 0 bridgehead atoms. The number of unbranched alkanes of at least 4 members (excludes halogenated alkanes) is 6. The van der Waals surface area contributed by atoms with Gasteiger partial charge in [0.15, 0.2) is 11.4 Å². The average Bonchev–Trinajstić information content (AvgIpc) is 3.89. The predicted molar refractivity (Wildman–Crippen MR) is 210 cm³/mol. The zero-order valence-corrected chi connectivity index (χ0v) is 32.3. The van der Waals surface area contributed by atoms with Gasteiger partial charge in [0.1, 0.15) is 23.5 Å². The van der Waals surface area contributed by atoms with Gasteiger partial charge in [-0.1, -0.05) is 44.2 Å². The van der Waals surface area contributed by atoms with E-state index in [0.717, 1.165) is 76.3 Å². The fourth-order valence-corrected chi connectivity index (χ4v) is 8.58. The van der Waals surface area contributed by atoms with Gasteiger partial charge in [-0.3, -0.25) is 19.2 Å². The van der Waals surface area contributed by atoms with E-state index in [2.05, 4.69) is 32.3 Å². The summed E-state index contributed by atoms with van der Waals surface area (Å²) in [5.74, 6) is -0.825. The number of fused-ring (bicyclic) bond motifs is 1. The van der Waals surface area contributed by atoms with Crippen molar-refractivity contribution in [2.45, 2.75) is 108 Å². The molecule has 0 aliphatic carbocycles. The van der Waals surface area contributed by atoms with Gasteiger partial charge in [0.05, 0.1) is 17.8 Å². The molecule has 7 rings (SSSR count). The van der Waals surface area contributed by atoms with E-state index in [1.54, 1.807) is 16.9 Å². The number of nitrogens with zero attached hydrogens (tertiary/aromatic N) is 6. The summed E-state index contributed by atoms with van der Waals surface area (Å²) in [4.78, 5) is 62.2. The third kappa shape index (κ3) is 9.66. The molecule has 0 saturated carbocycles. The van der Waals surface area contributed by atoms with Crippen molar-refractivity contribution in [3.63, 3.8) is 0 Å². The van der Waals surface area contributed by atoms with E-state index < -0.39 is 29.5 Å². The van der Waals surface area contributed by atoms with Crippen LogP contribution in [0.5, 0.6) is 0 Å². The van der Waals surface area contributed by atoms with E-state index in [1.807, 2.05) is 23.1 Å². The minimum absolute atomic E-state index is 0.0221. The molecule has 5 heterocycles. The standard InChI is InChI=1S/C43H51F2N7O5/c44-32-13-16-36(45)34(27-32)38-9-8-23-50(38)40-21-26-51-42(48-40)35(28-46-51)39(54)10-6-4-2-1-3-5-7-22-49-24-19-31(20-25-49)30-11-14-33(15-12-30)47-37-17-18-41(55)52(43(37)56)57-29-53/h11-16,21,26-29,31,37-38,47H,1-10,17-20,22-25H2/t37?,38-/m1/s1. The number of anilines is 2. The quantitative estimate of drug-likeness (QED) is 0.0468. The normalized spacial score (nSPS) is 19.4. The summed E-state index contributed by atoms with van der Waals surface area (Å²) < 4.78 is 30.2. The number of imide groups is 1. The Morgan fingerprint density at radius 2 is 1.65 bits per heavy atom. The molecular formula is C43H51F2N7O5. The van der Waals surface area contributed by atoms with Crippen LogP contribution in [-0.2, 0) is 19.2 Å². The van der Waals surface area contributed by atoms with Crippen LogP contribution in [0.4, 0.5) is 20.3 Å². The first kappa shape index (κ1) is 40.0. The number of aromatic nitrogens is 3. The van der Waals surface area contributed by atoms with Gasteiger partial charge in [-0.15, -0.1) is 5.06 Å². The molecular weight excluding hydrogens is 733 g/mol. The Morgan fingerprint density at radius 1 is 0.895 bits per heavy atom. The first-order valence-electron chi connectivity index (χ1n) is 20.4. The second kappa shape index (κ2) is 18.8. The van der Waals surface area contributed by atoms with Crippen molar-refractivity contribution in [1.82, 2.24) is 24.6 Å². The van der Waals surface area contributed by atoms with Gasteiger partial charge in [-0.05, 0) is 112 Å². The van der Waals surface area contributed by atoms with Gasteiger partial charge in [-0.2, -0.15) is 5.10 Å². The van der Waals surface area contributed by atoms with Crippen LogP contribution in [0, 0.1) is 11.6 Å². The highest BCUT2D eigenvalue weighted by molar-refractivity contribution is 6.01. The summed E-state index contributed by atoms with van der Waals surface area (Å²) in [6.07, 6.45) is 15.6. The number of carbonyl (C=O) groups is 4. The SMILES string of the molecule is O=CON1C(=O)CCC(Nc2ccc(C3CCN(CCCCCCCCCC(=O)c4cnn5ccc(N6CCC[C@@H]6c6cc(F)ccc6F)nc45)CC3)cc2)C1=O. The first-order valence-corrected chi connectivity index (χ1v) is 20.4. The highest BCUT2D eigenvalue weighted by Crippen LogP contribution is 2.37. The molecule has 2 atom stereocenters. The summed E-state index contributed by atoms with van der Waals surface area (Å²) in [5, 5.41) is 8.06. The van der Waals surface area contributed by atoms with Crippen molar-refractivity contribution < 1.29 is 32.8 Å². The number of carbonyl (C=O) groups excluding carboxylic acids is 4. The lowest BCUT2D eigenvalue weighted by Gasteiger charge is -2.32. The fraction of sp³-hybridized carbons (Fsp3) is 0.488. The molecule has 2 amide bonds. The lowest BCUT2D eigenvalue weighted by molar-refractivity contribution is -0.197. The maximum absolute atomic E-state index is 14.6. The van der Waals surface area contributed by atoms with Crippen LogP contribution >= 0.6 is 0 Å². The van der Waals surface area contributed by atoms with Gasteiger partial charge in [0.25, 0.3) is 11.8 Å². The van der Waals surface area contributed by atoms with E-state index >= 15 is 0 Å². The zero-order chi connectivity index (χ0) is 39.7. The summed E-state index contributed by atoms with van der Waals surface area (Å²) in [6.45, 7) is 4.02. The van der Waals surface area contributed by atoms with Crippen LogP contribution in [-0.4, -0.2) is 80.9 Å². The van der Waals surface area contributed by atoms with Crippen LogP contribution in [0.25, 0.3) is 5.65 Å². The van der Waals surface area contributed by atoms with Crippen LogP contribution in [0.3, 0.4) is 0 Å². The van der Waals surface area contributed by atoms with Crippen molar-refractivity contribution in [1.29, 1.82) is 0 Å². The second-order valence-electron chi connectivity index (χ2n) is 15.5. The van der Waals surface area contributed by atoms with Crippen LogP contribution in [0.1, 0.15) is 123 Å². The summed E-state index contributed by atoms with van der Waals surface area (Å²) in [5.41, 5.74) is 3.39. The number of Topliss-reactive ketones (excluding diaryl/α,β-unsaturated/α-hetero) is 1. The van der Waals surface area contributed by atoms with E-state index in [4.69, 9.17) is 4.98 Å². The zero-order valence-electron chi connectivity index (χ0n) is 32.3. The molecule has 2 aromatic carbocycles. The fourth-order valence-electron chi connectivity index (χ4n) is 8.58. The Bertz CT molecular complexity index is 2030. The predicted octanol–water partition coefficient (Wildman–Crippen LogP) is 7.55. The maximum Gasteiger partial charge on any atom is 0.321 e. The van der Waals surface area contributed by atoms with Gasteiger partial charge >= 0.3 is 6.47 Å². The number of piperidine rings is 2. The Labute approximate surface area is 331 Å². The van der Waals surface area contributed by atoms with E-state index in [0.29, 0.717) is 59.4 Å². The first-order chi connectivity index (χ1) is 27.8. The minimum Gasteiger partial charge on any atom is -0.374 e. The molecule has 0 radical (unpaired) electrons. The molecule has 4 aromatic rings. The van der Waals surface area contributed by atoms with Gasteiger partial charge in [0, 0.05) is 36.8 Å². The van der Waals surface area contributed by atoms with Crippen molar-refractivity contribution in [2.24, 2.45) is 0 Å². The lowest BCUT2D eigenvalue weighted by Crippen LogP contribution is -2.50. The number of benzene rings is 2. The number of ketones is 1. The number of halogens is 2. The third-order valence-electron chi connectivity index (χ3n) is 11.7. The molecule has 12 nitrogen and oxygen atoms in total. The molecule has 1 N–H and O–H groups in total. The van der Waals surface area contributed by atoms with E-state index in [-0.39, 0.29) is 24.7 Å². The molecule has 14 heteroatoms. The van der Waals surface area contributed by atoms with E-state index in [9.17, 15) is 28.0 Å². The smallest absolute Gasteiger partial charge is 0.321 e. The molecule has 302 valence electrons. The number of rotatable bonds is 18. The molecule has 3 aliphatic rings. The van der Waals surface area contributed by atoms with Crippen molar-refractivity contribution in [2.75, 3.05) is 36.4 Å². The Morgan fingerprint density at radius 3 is 2.42 bits per heavy atom. The largest absolute Gasteiger partial charge is 0.374 e. The van der Waals surface area contributed by atoms with Gasteiger partial charge < -0.3 is 20.0 Å². The molecule has 3 fully saturated rings. The maximum atomic E-state index is 14.6. The molecule has 2 aromatic heterocycles. The second-order valence-corrected chi connectivity index (χ2v) is 15.5. The molecule has 57 heavy (non-hydrogen) atoms. The topological polar surface area (TPSA) is 129 Å². The van der Waals surface area contributed by atoms with E-state index in [1.165, 1.54) is 37.0 Å². The van der Waals surface area contributed by atoms with Gasteiger partial charge in [0.2, 0.25) is 0 Å². The Kier molecular flexibility index (Phi) is 13.2. The number of nitrogens with one attached hydrogen (secondary N) is 1. The van der Waals surface area contributed by atoms with Crippen LogP contribution in [0.15, 0.2) is 60.9 Å². The summed E-state index contributed by atoms with van der Waals surface area (Å²) in [7, 11) is 0. The number of amides is 2.